The zero-order chi connectivity index (χ0) is 25.7. The first-order valence-corrected chi connectivity index (χ1v) is 13.1. The highest BCUT2D eigenvalue weighted by Crippen LogP contribution is 2.28. The van der Waals surface area contributed by atoms with Gasteiger partial charge in [0, 0.05) is 16.7 Å². The molecule has 4 rings (SSSR count). The monoisotopic (exact) mass is 546 g/mol. The lowest BCUT2D eigenvalue weighted by molar-refractivity contribution is 0.176. The Kier molecular flexibility index (Phi) is 8.21. The smallest absolute Gasteiger partial charge is 0.314 e. The van der Waals surface area contributed by atoms with Crippen LogP contribution < -0.4 is 10.9 Å². The number of halogens is 1. The minimum absolute atomic E-state index is 0.149. The van der Waals surface area contributed by atoms with Crippen LogP contribution in [0.1, 0.15) is 45.5 Å². The predicted molar refractivity (Wildman–Crippen MR) is 150 cm³/mol. The number of urea groups is 1. The van der Waals surface area contributed by atoms with Crippen LogP contribution in [0.25, 0.3) is 16.6 Å². The van der Waals surface area contributed by atoms with E-state index < -0.39 is 6.04 Å². The average Bonchev–Trinajstić information content (AvgIpc) is 2.87. The first kappa shape index (κ1) is 25.6. The van der Waals surface area contributed by atoms with Gasteiger partial charge < -0.3 is 10.2 Å². The number of nitrogens with one attached hydrogen (secondary N) is 1. The molecule has 2 amide bonds. The number of carbonyl (C=O) groups excluding carboxylic acids is 1. The molecule has 1 N–H and O–H groups in total. The van der Waals surface area contributed by atoms with Crippen LogP contribution in [0.4, 0.5) is 10.5 Å². The van der Waals surface area contributed by atoms with E-state index >= 15 is 0 Å². The van der Waals surface area contributed by atoms with Gasteiger partial charge in [-0.2, -0.15) is 0 Å². The van der Waals surface area contributed by atoms with Crippen molar-refractivity contribution < 1.29 is 4.79 Å². The van der Waals surface area contributed by atoms with E-state index in [2.05, 4.69) is 35.1 Å². The van der Waals surface area contributed by atoms with E-state index in [9.17, 15) is 9.59 Å². The Balaban J connectivity index is 1.87. The molecule has 1 atom stereocenters. The molecule has 0 radical (unpaired) electrons. The Morgan fingerprint density at radius 1 is 1.00 bits per heavy atom. The lowest BCUT2D eigenvalue weighted by Crippen LogP contribution is -2.41. The maximum absolute atomic E-state index is 13.8. The Morgan fingerprint density at radius 2 is 1.67 bits per heavy atom. The quantitative estimate of drug-likeness (QED) is 0.254. The summed E-state index contributed by atoms with van der Waals surface area (Å²) in [7, 11) is 0. The zero-order valence-corrected chi connectivity index (χ0v) is 22.4. The van der Waals surface area contributed by atoms with E-state index in [-0.39, 0.29) is 11.6 Å². The fraction of sp³-hybridized carbons (Fsp3) is 0.276. The number of benzene rings is 3. The molecule has 7 heteroatoms. The summed E-state index contributed by atoms with van der Waals surface area (Å²) >= 11 is 3.48. The van der Waals surface area contributed by atoms with Gasteiger partial charge in [0.2, 0.25) is 0 Å². The molecule has 0 spiro atoms. The molecule has 0 aliphatic carbocycles. The first-order chi connectivity index (χ1) is 17.4. The van der Waals surface area contributed by atoms with Gasteiger partial charge in [0.25, 0.3) is 5.56 Å². The number of anilines is 1. The molecule has 0 saturated carbocycles. The van der Waals surface area contributed by atoms with Crippen molar-refractivity contribution in [2.24, 2.45) is 5.92 Å². The fourth-order valence-corrected chi connectivity index (χ4v) is 4.53. The number of carbonyl (C=O) groups is 1. The largest absolute Gasteiger partial charge is 0.322 e. The van der Waals surface area contributed by atoms with Crippen molar-refractivity contribution in [3.8, 4) is 5.69 Å². The molecule has 186 valence electrons. The number of nitrogens with zero attached hydrogens (tertiary/aromatic N) is 3. The molecule has 36 heavy (non-hydrogen) atoms. The molecule has 1 unspecified atom stereocenters. The topological polar surface area (TPSA) is 67.2 Å². The Labute approximate surface area is 220 Å². The first-order valence-electron chi connectivity index (χ1n) is 12.3. The molecule has 0 bridgehead atoms. The van der Waals surface area contributed by atoms with Crippen LogP contribution in [0, 0.1) is 5.92 Å². The predicted octanol–water partition coefficient (Wildman–Crippen LogP) is 7.18. The lowest BCUT2D eigenvalue weighted by Gasteiger charge is -2.33. The molecular weight excluding hydrogens is 516 g/mol. The van der Waals surface area contributed by atoms with Crippen molar-refractivity contribution in [3.63, 3.8) is 0 Å². The van der Waals surface area contributed by atoms with E-state index in [1.165, 1.54) is 0 Å². The van der Waals surface area contributed by atoms with E-state index in [0.717, 1.165) is 16.6 Å². The van der Waals surface area contributed by atoms with Gasteiger partial charge in [0.15, 0.2) is 0 Å². The minimum atomic E-state index is -0.409. The Morgan fingerprint density at radius 3 is 2.33 bits per heavy atom. The standard InChI is InChI=1S/C29H31BrN4O2/c1-4-26(33(19-18-20(2)3)29(36)31-22-10-6-5-7-11-22)27-32-25-13-9-8-12-24(25)28(35)34(27)23-16-14-21(30)15-17-23/h5-17,20,26H,4,18-19H2,1-3H3,(H,31,36). The van der Waals surface area contributed by atoms with Crippen molar-refractivity contribution >= 4 is 38.6 Å². The Bertz CT molecular complexity index is 1380. The molecule has 0 fully saturated rings. The van der Waals surface area contributed by atoms with Crippen LogP contribution in [-0.2, 0) is 0 Å². The van der Waals surface area contributed by atoms with E-state index in [1.54, 1.807) is 10.6 Å². The third-order valence-corrected chi connectivity index (χ3v) is 6.71. The van der Waals surface area contributed by atoms with Gasteiger partial charge in [-0.05, 0) is 67.3 Å². The highest BCUT2D eigenvalue weighted by Gasteiger charge is 2.29. The van der Waals surface area contributed by atoms with Crippen molar-refractivity contribution in [3.05, 3.63) is 99.5 Å². The maximum atomic E-state index is 13.8. The van der Waals surface area contributed by atoms with Crippen molar-refractivity contribution in [1.82, 2.24) is 14.5 Å². The SMILES string of the molecule is CCC(c1nc2ccccc2c(=O)n1-c1ccc(Br)cc1)N(CCC(C)C)C(=O)Nc1ccccc1. The summed E-state index contributed by atoms with van der Waals surface area (Å²) in [5.74, 6) is 0.961. The van der Waals surface area contributed by atoms with Crippen molar-refractivity contribution in [2.75, 3.05) is 11.9 Å². The fourth-order valence-electron chi connectivity index (χ4n) is 4.27. The zero-order valence-electron chi connectivity index (χ0n) is 20.8. The summed E-state index contributed by atoms with van der Waals surface area (Å²) in [5.41, 5.74) is 1.91. The summed E-state index contributed by atoms with van der Waals surface area (Å²) in [4.78, 5) is 34.2. The molecular formula is C29H31BrN4O2. The number of aromatic nitrogens is 2. The third kappa shape index (κ3) is 5.68. The van der Waals surface area contributed by atoms with Gasteiger partial charge in [-0.3, -0.25) is 9.36 Å². The molecule has 1 heterocycles. The van der Waals surface area contributed by atoms with Crippen LogP contribution in [0.5, 0.6) is 0 Å². The maximum Gasteiger partial charge on any atom is 0.322 e. The summed E-state index contributed by atoms with van der Waals surface area (Å²) in [6, 6.07) is 23.8. The third-order valence-electron chi connectivity index (χ3n) is 6.18. The van der Waals surface area contributed by atoms with Gasteiger partial charge in [-0.15, -0.1) is 0 Å². The number of hydrogen-bond donors (Lipinski definition) is 1. The van der Waals surface area contributed by atoms with Gasteiger partial charge in [-0.25, -0.2) is 9.78 Å². The van der Waals surface area contributed by atoms with Crippen LogP contribution in [-0.4, -0.2) is 27.0 Å². The molecule has 6 nitrogen and oxygen atoms in total. The molecule has 0 aliphatic rings. The molecule has 0 aliphatic heterocycles. The van der Waals surface area contributed by atoms with Crippen LogP contribution in [0.15, 0.2) is 88.1 Å². The number of para-hydroxylation sites is 2. The normalized spacial score (nSPS) is 12.0. The minimum Gasteiger partial charge on any atom is -0.314 e. The second kappa shape index (κ2) is 11.5. The van der Waals surface area contributed by atoms with Crippen LogP contribution >= 0.6 is 15.9 Å². The highest BCUT2D eigenvalue weighted by atomic mass is 79.9. The van der Waals surface area contributed by atoms with Gasteiger partial charge >= 0.3 is 6.03 Å². The number of fused-ring (bicyclic) bond motifs is 1. The summed E-state index contributed by atoms with van der Waals surface area (Å²) in [6.07, 6.45) is 1.43. The Hall–Kier alpha value is -3.45. The van der Waals surface area contributed by atoms with Gasteiger partial charge in [0.1, 0.15) is 5.82 Å². The second-order valence-corrected chi connectivity index (χ2v) is 10.1. The molecule has 0 saturated heterocycles. The van der Waals surface area contributed by atoms with Crippen molar-refractivity contribution in [1.29, 1.82) is 0 Å². The molecule has 4 aromatic rings. The van der Waals surface area contributed by atoms with E-state index in [0.29, 0.717) is 41.3 Å². The van der Waals surface area contributed by atoms with E-state index in [4.69, 9.17) is 4.98 Å². The van der Waals surface area contributed by atoms with E-state index in [1.807, 2.05) is 84.6 Å². The average molecular weight is 547 g/mol. The number of rotatable bonds is 8. The lowest BCUT2D eigenvalue weighted by atomic mass is 10.1. The summed E-state index contributed by atoms with van der Waals surface area (Å²) in [5, 5.41) is 3.58. The van der Waals surface area contributed by atoms with Crippen LogP contribution in [0.2, 0.25) is 0 Å². The highest BCUT2D eigenvalue weighted by molar-refractivity contribution is 9.10. The van der Waals surface area contributed by atoms with Crippen molar-refractivity contribution in [2.45, 2.75) is 39.7 Å². The number of amides is 2. The number of hydrogen-bond acceptors (Lipinski definition) is 3. The van der Waals surface area contributed by atoms with Gasteiger partial charge in [0.05, 0.1) is 22.6 Å². The van der Waals surface area contributed by atoms with Gasteiger partial charge in [-0.1, -0.05) is 67.0 Å². The summed E-state index contributed by atoms with van der Waals surface area (Å²) in [6.45, 7) is 6.84. The van der Waals surface area contributed by atoms with Crippen LogP contribution in [0.3, 0.4) is 0 Å². The second-order valence-electron chi connectivity index (χ2n) is 9.20. The summed E-state index contributed by atoms with van der Waals surface area (Å²) < 4.78 is 2.57. The molecule has 3 aromatic carbocycles. The molecule has 1 aromatic heterocycles.